The number of piperazine rings is 1. The molecule has 5 nitrogen and oxygen atoms in total. The smallest absolute Gasteiger partial charge is 0.237 e. The highest BCUT2D eigenvalue weighted by molar-refractivity contribution is 5.85. The Labute approximate surface area is 121 Å². The van der Waals surface area contributed by atoms with E-state index in [-0.39, 0.29) is 5.91 Å². The van der Waals surface area contributed by atoms with Gasteiger partial charge in [-0.1, -0.05) is 0 Å². The fraction of sp³-hybridized carbons (Fsp3) is 0.933. The van der Waals surface area contributed by atoms with E-state index in [1.54, 1.807) is 0 Å². The molecule has 3 fully saturated rings. The fourth-order valence-electron chi connectivity index (χ4n) is 3.79. The van der Waals surface area contributed by atoms with Gasteiger partial charge >= 0.3 is 0 Å². The minimum absolute atomic E-state index is 0.136. The molecule has 1 heterocycles. The van der Waals surface area contributed by atoms with Gasteiger partial charge in [0.1, 0.15) is 0 Å². The van der Waals surface area contributed by atoms with Crippen LogP contribution >= 0.6 is 0 Å². The van der Waals surface area contributed by atoms with Gasteiger partial charge < -0.3 is 16.0 Å². The molecule has 0 aromatic heterocycles. The Kier molecular flexibility index (Phi) is 4.02. The molecule has 1 saturated heterocycles. The lowest BCUT2D eigenvalue weighted by molar-refractivity contribution is -0.127. The highest BCUT2D eigenvalue weighted by Crippen LogP contribution is 2.35. The van der Waals surface area contributed by atoms with Crippen molar-refractivity contribution < 1.29 is 4.79 Å². The van der Waals surface area contributed by atoms with Crippen LogP contribution in [0.15, 0.2) is 0 Å². The zero-order chi connectivity index (χ0) is 14.2. The van der Waals surface area contributed by atoms with Crippen molar-refractivity contribution in [2.75, 3.05) is 33.2 Å². The number of hydrogen-bond donors (Lipinski definition) is 2. The molecule has 0 spiro atoms. The summed E-state index contributed by atoms with van der Waals surface area (Å²) in [5.41, 5.74) is 5.33. The number of likely N-dealkylation sites (N-methyl/N-ethyl adjacent to an activating group) is 1. The SMILES string of the molecule is CN1CCN(C2CCCC(NC3CC3)(C(N)=O)C2)CC1. The zero-order valence-corrected chi connectivity index (χ0v) is 12.6. The molecule has 114 valence electrons. The third-order valence-electron chi connectivity index (χ3n) is 5.31. The predicted octanol–water partition coefficient (Wildman–Crippen LogP) is 0.153. The van der Waals surface area contributed by atoms with Gasteiger partial charge in [0.2, 0.25) is 5.91 Å². The number of carbonyl (C=O) groups excluding carboxylic acids is 1. The first kappa shape index (κ1) is 14.3. The average Bonchev–Trinajstić information content (AvgIpc) is 3.23. The summed E-state index contributed by atoms with van der Waals surface area (Å²) in [4.78, 5) is 17.0. The van der Waals surface area contributed by atoms with Crippen LogP contribution in [0.5, 0.6) is 0 Å². The second-order valence-corrected chi connectivity index (χ2v) is 6.95. The Morgan fingerprint density at radius 3 is 2.50 bits per heavy atom. The van der Waals surface area contributed by atoms with Crippen LogP contribution in [0.2, 0.25) is 0 Å². The minimum Gasteiger partial charge on any atom is -0.368 e. The van der Waals surface area contributed by atoms with E-state index in [0.29, 0.717) is 12.1 Å². The molecule has 1 amide bonds. The first-order valence-corrected chi connectivity index (χ1v) is 8.09. The first-order chi connectivity index (χ1) is 9.59. The van der Waals surface area contributed by atoms with E-state index in [1.807, 2.05) is 0 Å². The van der Waals surface area contributed by atoms with Crippen LogP contribution in [-0.4, -0.2) is 66.6 Å². The van der Waals surface area contributed by atoms with Crippen LogP contribution in [0, 0.1) is 0 Å². The van der Waals surface area contributed by atoms with Crippen LogP contribution in [0.1, 0.15) is 38.5 Å². The van der Waals surface area contributed by atoms with Crippen molar-refractivity contribution in [3.05, 3.63) is 0 Å². The summed E-state index contributed by atoms with van der Waals surface area (Å²) in [6, 6.07) is 1.06. The minimum atomic E-state index is -0.437. The van der Waals surface area contributed by atoms with Crippen LogP contribution in [-0.2, 0) is 4.79 Å². The maximum absolute atomic E-state index is 12.1. The average molecular weight is 280 g/mol. The lowest BCUT2D eigenvalue weighted by Gasteiger charge is -2.45. The molecule has 2 unspecified atom stereocenters. The number of rotatable bonds is 4. The lowest BCUT2D eigenvalue weighted by atomic mass is 9.77. The van der Waals surface area contributed by atoms with Crippen LogP contribution in [0.25, 0.3) is 0 Å². The number of nitrogens with zero attached hydrogens (tertiary/aromatic N) is 2. The number of carbonyl (C=O) groups is 1. The molecular formula is C15H28N4O. The third kappa shape index (κ3) is 3.00. The van der Waals surface area contributed by atoms with Crippen molar-refractivity contribution in [3.63, 3.8) is 0 Å². The number of nitrogens with one attached hydrogen (secondary N) is 1. The van der Waals surface area contributed by atoms with Crippen LogP contribution < -0.4 is 11.1 Å². The Hall–Kier alpha value is -0.650. The maximum atomic E-state index is 12.1. The van der Waals surface area contributed by atoms with Gasteiger partial charge in [-0.25, -0.2) is 0 Å². The van der Waals surface area contributed by atoms with Crippen molar-refractivity contribution in [1.29, 1.82) is 0 Å². The quantitative estimate of drug-likeness (QED) is 0.770. The largest absolute Gasteiger partial charge is 0.368 e. The number of amides is 1. The molecule has 5 heteroatoms. The van der Waals surface area contributed by atoms with Gasteiger partial charge in [0.15, 0.2) is 0 Å². The number of hydrogen-bond acceptors (Lipinski definition) is 4. The van der Waals surface area contributed by atoms with Gasteiger partial charge in [0.25, 0.3) is 0 Å². The number of nitrogens with two attached hydrogens (primary N) is 1. The van der Waals surface area contributed by atoms with E-state index in [2.05, 4.69) is 22.2 Å². The van der Waals surface area contributed by atoms with E-state index in [4.69, 9.17) is 5.73 Å². The molecule has 0 aromatic rings. The molecule has 1 aliphatic heterocycles. The highest BCUT2D eigenvalue weighted by atomic mass is 16.1. The Bertz CT molecular complexity index is 363. The molecular weight excluding hydrogens is 252 g/mol. The Morgan fingerprint density at radius 1 is 1.20 bits per heavy atom. The summed E-state index contributed by atoms with van der Waals surface area (Å²) in [5.74, 6) is -0.136. The molecule has 2 atom stereocenters. The zero-order valence-electron chi connectivity index (χ0n) is 12.6. The molecule has 0 aromatic carbocycles. The molecule has 20 heavy (non-hydrogen) atoms. The summed E-state index contributed by atoms with van der Waals surface area (Å²) in [7, 11) is 2.18. The molecule has 2 saturated carbocycles. The van der Waals surface area contributed by atoms with Crippen LogP contribution in [0.4, 0.5) is 0 Å². The Morgan fingerprint density at radius 2 is 1.90 bits per heavy atom. The molecule has 0 radical (unpaired) electrons. The van der Waals surface area contributed by atoms with Gasteiger partial charge in [0, 0.05) is 38.3 Å². The van der Waals surface area contributed by atoms with Crippen molar-refractivity contribution in [3.8, 4) is 0 Å². The van der Waals surface area contributed by atoms with Crippen molar-refractivity contribution in [2.24, 2.45) is 5.73 Å². The van der Waals surface area contributed by atoms with E-state index in [1.165, 1.54) is 19.3 Å². The number of primary amides is 1. The van der Waals surface area contributed by atoms with Crippen molar-refractivity contribution >= 4 is 5.91 Å². The Balaban J connectivity index is 1.65. The predicted molar refractivity (Wildman–Crippen MR) is 79.4 cm³/mol. The van der Waals surface area contributed by atoms with Gasteiger partial charge in [-0.3, -0.25) is 9.69 Å². The van der Waals surface area contributed by atoms with E-state index >= 15 is 0 Å². The summed E-state index contributed by atoms with van der Waals surface area (Å²) in [6.45, 7) is 4.52. The topological polar surface area (TPSA) is 61.6 Å². The second-order valence-electron chi connectivity index (χ2n) is 6.95. The van der Waals surface area contributed by atoms with E-state index in [9.17, 15) is 4.79 Å². The van der Waals surface area contributed by atoms with Crippen LogP contribution in [0.3, 0.4) is 0 Å². The van der Waals surface area contributed by atoms with E-state index in [0.717, 1.165) is 45.4 Å². The summed E-state index contributed by atoms with van der Waals surface area (Å²) in [5, 5.41) is 3.57. The molecule has 3 aliphatic rings. The molecule has 3 N–H and O–H groups in total. The summed E-state index contributed by atoms with van der Waals surface area (Å²) < 4.78 is 0. The van der Waals surface area contributed by atoms with Gasteiger partial charge in [-0.05, 0) is 45.6 Å². The second kappa shape index (κ2) is 5.62. The van der Waals surface area contributed by atoms with Gasteiger partial charge in [0.05, 0.1) is 5.54 Å². The van der Waals surface area contributed by atoms with Gasteiger partial charge in [-0.2, -0.15) is 0 Å². The highest BCUT2D eigenvalue weighted by Gasteiger charge is 2.45. The van der Waals surface area contributed by atoms with Gasteiger partial charge in [-0.15, -0.1) is 0 Å². The lowest BCUT2D eigenvalue weighted by Crippen LogP contribution is -2.62. The van der Waals surface area contributed by atoms with E-state index < -0.39 is 5.54 Å². The first-order valence-electron chi connectivity index (χ1n) is 8.09. The standard InChI is InChI=1S/C15H28N4O/c1-18-7-9-19(10-8-18)13-3-2-6-15(11-13,14(16)20)17-12-4-5-12/h12-13,17H,2-11H2,1H3,(H2,16,20). The molecule has 2 aliphatic carbocycles. The monoisotopic (exact) mass is 280 g/mol. The van der Waals surface area contributed by atoms with Crippen molar-refractivity contribution in [1.82, 2.24) is 15.1 Å². The summed E-state index contributed by atoms with van der Waals surface area (Å²) in [6.07, 6.45) is 6.55. The summed E-state index contributed by atoms with van der Waals surface area (Å²) >= 11 is 0. The van der Waals surface area contributed by atoms with Crippen molar-refractivity contribution in [2.45, 2.75) is 56.1 Å². The molecule has 3 rings (SSSR count). The third-order valence-corrected chi connectivity index (χ3v) is 5.31. The normalized spacial score (nSPS) is 37.0. The maximum Gasteiger partial charge on any atom is 0.237 e. The fourth-order valence-corrected chi connectivity index (χ4v) is 3.79. The molecule has 0 bridgehead atoms.